The Labute approximate surface area is 192 Å². The maximum absolute atomic E-state index is 13.6. The van der Waals surface area contributed by atoms with Gasteiger partial charge in [0.05, 0.1) is 29.8 Å². The van der Waals surface area contributed by atoms with E-state index in [0.29, 0.717) is 11.1 Å². The summed E-state index contributed by atoms with van der Waals surface area (Å²) < 4.78 is 28.4. The van der Waals surface area contributed by atoms with Gasteiger partial charge >= 0.3 is 6.03 Å². The second kappa shape index (κ2) is 8.49. The van der Waals surface area contributed by atoms with Crippen molar-refractivity contribution in [1.82, 2.24) is 10.2 Å². The number of carbonyl (C=O) groups is 2. The van der Waals surface area contributed by atoms with Crippen LogP contribution in [0.2, 0.25) is 0 Å². The van der Waals surface area contributed by atoms with E-state index < -0.39 is 33.6 Å². The highest BCUT2D eigenvalue weighted by molar-refractivity contribution is 7.92. The molecule has 4 rings (SSSR count). The van der Waals surface area contributed by atoms with Gasteiger partial charge in [-0.3, -0.25) is 14.0 Å². The van der Waals surface area contributed by atoms with Gasteiger partial charge in [-0.25, -0.2) is 13.2 Å². The van der Waals surface area contributed by atoms with Crippen LogP contribution in [0.5, 0.6) is 0 Å². The van der Waals surface area contributed by atoms with Crippen LogP contribution in [0, 0.1) is 0 Å². The summed E-state index contributed by atoms with van der Waals surface area (Å²) in [6.07, 6.45) is -1.31. The molecule has 2 N–H and O–H groups in total. The third kappa shape index (κ3) is 4.29. The zero-order chi connectivity index (χ0) is 23.8. The number of anilines is 1. The van der Waals surface area contributed by atoms with Gasteiger partial charge in [0.1, 0.15) is 5.54 Å². The fraction of sp³-hybridized carbons (Fsp3) is 0.250. The third-order valence-corrected chi connectivity index (χ3v) is 7.37. The van der Waals surface area contributed by atoms with Gasteiger partial charge in [0.2, 0.25) is 0 Å². The quantitative estimate of drug-likeness (QED) is 0.520. The van der Waals surface area contributed by atoms with Crippen molar-refractivity contribution in [2.24, 2.45) is 0 Å². The molecule has 1 aliphatic heterocycles. The first-order valence-corrected chi connectivity index (χ1v) is 11.9. The first-order chi connectivity index (χ1) is 15.6. The van der Waals surface area contributed by atoms with Gasteiger partial charge in [-0.15, -0.1) is 0 Å². The van der Waals surface area contributed by atoms with Gasteiger partial charge in [0.15, 0.2) is 0 Å². The number of hydrogen-bond donors (Lipinski definition) is 2. The Balaban J connectivity index is 1.72. The zero-order valence-corrected chi connectivity index (χ0v) is 19.1. The molecular weight excluding hydrogens is 442 g/mol. The number of urea groups is 1. The van der Waals surface area contributed by atoms with Crippen LogP contribution in [0.25, 0.3) is 10.8 Å². The number of rotatable bonds is 7. The van der Waals surface area contributed by atoms with Crippen LogP contribution in [-0.4, -0.2) is 55.1 Å². The molecule has 1 saturated heterocycles. The highest BCUT2D eigenvalue weighted by Crippen LogP contribution is 2.31. The molecule has 1 fully saturated rings. The van der Waals surface area contributed by atoms with Crippen molar-refractivity contribution < 1.29 is 23.1 Å². The second-order valence-corrected chi connectivity index (χ2v) is 10.3. The number of benzene rings is 3. The Hall–Kier alpha value is -3.43. The lowest BCUT2D eigenvalue weighted by atomic mass is 10.1. The largest absolute Gasteiger partial charge is 0.389 e. The van der Waals surface area contributed by atoms with Gasteiger partial charge < -0.3 is 10.4 Å². The number of nitrogens with zero attached hydrogens (tertiary/aromatic N) is 2. The van der Waals surface area contributed by atoms with Crippen LogP contribution in [0.1, 0.15) is 13.8 Å². The number of fused-ring (bicyclic) bond motifs is 1. The zero-order valence-electron chi connectivity index (χ0n) is 18.3. The molecule has 0 bridgehead atoms. The molecule has 0 aromatic heterocycles. The number of carbonyl (C=O) groups excluding carboxylic acids is 2. The number of sulfonamides is 1. The predicted octanol–water partition coefficient (Wildman–Crippen LogP) is 2.73. The van der Waals surface area contributed by atoms with Crippen LogP contribution in [0.15, 0.2) is 77.7 Å². The molecule has 9 heteroatoms. The lowest BCUT2D eigenvalue weighted by molar-refractivity contribution is -0.131. The Morgan fingerprint density at radius 1 is 0.970 bits per heavy atom. The summed E-state index contributed by atoms with van der Waals surface area (Å²) in [5.74, 6) is -0.478. The van der Waals surface area contributed by atoms with Crippen molar-refractivity contribution in [2.75, 3.05) is 17.4 Å². The molecule has 0 radical (unpaired) electrons. The Kier molecular flexibility index (Phi) is 5.85. The molecule has 0 aliphatic carbocycles. The van der Waals surface area contributed by atoms with E-state index in [2.05, 4.69) is 5.32 Å². The number of amides is 3. The predicted molar refractivity (Wildman–Crippen MR) is 125 cm³/mol. The topological polar surface area (TPSA) is 107 Å². The van der Waals surface area contributed by atoms with E-state index in [9.17, 15) is 23.1 Å². The van der Waals surface area contributed by atoms with Crippen molar-refractivity contribution in [3.8, 4) is 0 Å². The van der Waals surface area contributed by atoms with E-state index in [0.717, 1.165) is 14.6 Å². The first-order valence-electron chi connectivity index (χ1n) is 10.5. The van der Waals surface area contributed by atoms with Crippen LogP contribution in [-0.2, 0) is 14.8 Å². The van der Waals surface area contributed by atoms with Crippen LogP contribution >= 0.6 is 0 Å². The molecule has 3 amide bonds. The Morgan fingerprint density at radius 2 is 1.61 bits per heavy atom. The summed E-state index contributed by atoms with van der Waals surface area (Å²) in [7, 11) is -4.05. The first kappa shape index (κ1) is 22.8. The molecular formula is C24H25N3O5S. The van der Waals surface area contributed by atoms with E-state index in [1.54, 1.807) is 44.2 Å². The minimum atomic E-state index is -4.05. The molecule has 0 saturated carbocycles. The molecule has 1 heterocycles. The van der Waals surface area contributed by atoms with Crippen LogP contribution in [0.3, 0.4) is 0 Å². The Morgan fingerprint density at radius 3 is 2.27 bits per heavy atom. The Bertz CT molecular complexity index is 1300. The van der Waals surface area contributed by atoms with Gasteiger partial charge in [-0.2, -0.15) is 0 Å². The number of imide groups is 1. The molecule has 8 nitrogen and oxygen atoms in total. The number of nitrogens with one attached hydrogen (secondary N) is 1. The lowest BCUT2D eigenvalue weighted by Crippen LogP contribution is -2.45. The molecule has 3 aromatic rings. The molecule has 0 unspecified atom stereocenters. The minimum absolute atomic E-state index is 0.0706. The van der Waals surface area contributed by atoms with E-state index in [-0.39, 0.29) is 18.0 Å². The number of hydrogen-bond acceptors (Lipinski definition) is 5. The molecule has 172 valence electrons. The summed E-state index contributed by atoms with van der Waals surface area (Å²) in [4.78, 5) is 25.7. The molecule has 33 heavy (non-hydrogen) atoms. The smallest absolute Gasteiger partial charge is 0.325 e. The van der Waals surface area contributed by atoms with Crippen LogP contribution in [0.4, 0.5) is 10.5 Å². The highest BCUT2D eigenvalue weighted by Gasteiger charge is 2.45. The van der Waals surface area contributed by atoms with E-state index in [1.165, 1.54) is 12.1 Å². The second-order valence-electron chi connectivity index (χ2n) is 8.47. The summed E-state index contributed by atoms with van der Waals surface area (Å²) in [6.45, 7) is 2.46. The van der Waals surface area contributed by atoms with E-state index >= 15 is 0 Å². The maximum atomic E-state index is 13.6. The van der Waals surface area contributed by atoms with Gasteiger partial charge in [-0.05, 0) is 37.4 Å². The molecule has 1 aliphatic rings. The summed E-state index contributed by atoms with van der Waals surface area (Å²) in [6, 6.07) is 20.0. The number of aliphatic hydroxyl groups is 1. The molecule has 3 aromatic carbocycles. The minimum Gasteiger partial charge on any atom is -0.389 e. The maximum Gasteiger partial charge on any atom is 0.325 e. The third-order valence-electron chi connectivity index (χ3n) is 5.58. The number of β-amino-alcohol motifs (C(OH)–C–C–N with tert-alkyl or cyclic N) is 1. The van der Waals surface area contributed by atoms with E-state index in [4.69, 9.17) is 0 Å². The van der Waals surface area contributed by atoms with Gasteiger partial charge in [0.25, 0.3) is 15.9 Å². The van der Waals surface area contributed by atoms with Gasteiger partial charge in [-0.1, -0.05) is 54.6 Å². The fourth-order valence-corrected chi connectivity index (χ4v) is 5.46. The normalized spacial score (nSPS) is 16.6. The average molecular weight is 468 g/mol. The monoisotopic (exact) mass is 467 g/mol. The van der Waals surface area contributed by atoms with Crippen molar-refractivity contribution in [2.45, 2.75) is 30.4 Å². The fourth-order valence-electron chi connectivity index (χ4n) is 3.92. The van der Waals surface area contributed by atoms with E-state index in [1.807, 2.05) is 30.3 Å². The van der Waals surface area contributed by atoms with Gasteiger partial charge in [0, 0.05) is 5.39 Å². The summed E-state index contributed by atoms with van der Waals surface area (Å²) >= 11 is 0. The molecule has 0 spiro atoms. The van der Waals surface area contributed by atoms with Crippen molar-refractivity contribution in [3.05, 3.63) is 72.8 Å². The summed E-state index contributed by atoms with van der Waals surface area (Å²) in [5, 5.41) is 14.9. The van der Waals surface area contributed by atoms with Crippen LogP contribution < -0.4 is 9.62 Å². The highest BCUT2D eigenvalue weighted by atomic mass is 32.2. The summed E-state index contributed by atoms with van der Waals surface area (Å²) in [5.41, 5.74) is -0.684. The lowest BCUT2D eigenvalue weighted by Gasteiger charge is -2.29. The van der Waals surface area contributed by atoms with Crippen molar-refractivity contribution >= 4 is 38.4 Å². The molecule has 1 atom stereocenters. The average Bonchev–Trinajstić information content (AvgIpc) is 2.99. The number of aliphatic hydroxyl groups excluding tert-OH is 1. The van der Waals surface area contributed by atoms with Crippen molar-refractivity contribution in [3.63, 3.8) is 0 Å². The standard InChI is InChI=1S/C24H25N3O5S/c1-24(2)22(29)26(23(30)25-24)15-18(28)16-27(33(31,32)19-11-4-3-5-12-19)21-14-8-10-17-9-6-7-13-20(17)21/h3-14,18,28H,15-16H2,1-2H3,(H,25,30)/t18-/m1/s1. The SMILES string of the molecule is CC1(C)NC(=O)N(C[C@@H](O)CN(c2cccc3ccccc23)S(=O)(=O)c2ccccc2)C1=O. The van der Waals surface area contributed by atoms with Crippen molar-refractivity contribution in [1.29, 1.82) is 0 Å².